The number of hydrogen-bond acceptors (Lipinski definition) is 7. The van der Waals surface area contributed by atoms with E-state index >= 15 is 0 Å². The van der Waals surface area contributed by atoms with Gasteiger partial charge in [0, 0.05) is 17.7 Å². The Morgan fingerprint density at radius 1 is 1.19 bits per heavy atom. The van der Waals surface area contributed by atoms with E-state index in [4.69, 9.17) is 14.4 Å². The van der Waals surface area contributed by atoms with E-state index in [1.165, 1.54) is 17.5 Å². The minimum absolute atomic E-state index is 0.00290. The molecule has 1 aliphatic rings. The fourth-order valence-corrected chi connectivity index (χ4v) is 3.62. The number of hydrogen-bond donors (Lipinski definition) is 2. The average molecular weight is 507 g/mol. The van der Waals surface area contributed by atoms with Crippen LogP contribution in [0.25, 0.3) is 22.8 Å². The molecule has 3 aromatic rings. The van der Waals surface area contributed by atoms with E-state index in [1.807, 2.05) is 32.0 Å². The summed E-state index contributed by atoms with van der Waals surface area (Å²) in [5.74, 6) is 1.64. The van der Waals surface area contributed by atoms with Gasteiger partial charge in [-0.25, -0.2) is 0 Å². The SMILES string of the molecule is CC(C)C.CC(C)Oc1ccc(-c2nc(-c3cccc4c3CCC4)no2)cc1C#N.CNCCC(=O)O. The van der Waals surface area contributed by atoms with Crippen molar-refractivity contribution in [2.45, 2.75) is 66.4 Å². The van der Waals surface area contributed by atoms with Crippen LogP contribution in [0.15, 0.2) is 40.9 Å². The molecule has 0 fully saturated rings. The molecule has 0 radical (unpaired) electrons. The lowest BCUT2D eigenvalue weighted by Crippen LogP contribution is -2.11. The third-order valence-corrected chi connectivity index (χ3v) is 5.11. The third kappa shape index (κ3) is 9.36. The van der Waals surface area contributed by atoms with Gasteiger partial charge in [-0.15, -0.1) is 0 Å². The van der Waals surface area contributed by atoms with E-state index in [-0.39, 0.29) is 12.5 Å². The van der Waals surface area contributed by atoms with Crippen LogP contribution in [0, 0.1) is 17.2 Å². The topological polar surface area (TPSA) is 121 Å². The van der Waals surface area contributed by atoms with E-state index in [0.717, 1.165) is 24.3 Å². The molecule has 198 valence electrons. The normalized spacial score (nSPS) is 11.6. The molecular formula is C29H38N4O4. The van der Waals surface area contributed by atoms with Gasteiger partial charge in [0.15, 0.2) is 0 Å². The molecule has 0 spiro atoms. The molecule has 2 N–H and O–H groups in total. The number of rotatable bonds is 7. The maximum atomic E-state index is 9.72. The highest BCUT2D eigenvalue weighted by Crippen LogP contribution is 2.32. The first-order valence-corrected chi connectivity index (χ1v) is 12.7. The van der Waals surface area contributed by atoms with Crippen molar-refractivity contribution >= 4 is 5.97 Å². The monoisotopic (exact) mass is 506 g/mol. The van der Waals surface area contributed by atoms with Crippen molar-refractivity contribution in [1.82, 2.24) is 15.5 Å². The molecule has 37 heavy (non-hydrogen) atoms. The Morgan fingerprint density at radius 2 is 1.92 bits per heavy atom. The number of aliphatic carboxylic acids is 1. The Bertz CT molecular complexity index is 1190. The Labute approximate surface area is 219 Å². The molecule has 4 rings (SSSR count). The lowest BCUT2D eigenvalue weighted by atomic mass is 10.0. The number of nitrogens with one attached hydrogen (secondary N) is 1. The summed E-state index contributed by atoms with van der Waals surface area (Å²) in [6.07, 6.45) is 3.53. The van der Waals surface area contributed by atoms with Gasteiger partial charge in [-0.05, 0) is 75.4 Å². The Balaban J connectivity index is 0.000000371. The Morgan fingerprint density at radius 3 is 2.51 bits per heavy atom. The zero-order valence-electron chi connectivity index (χ0n) is 22.7. The zero-order valence-corrected chi connectivity index (χ0v) is 22.7. The van der Waals surface area contributed by atoms with Crippen LogP contribution < -0.4 is 10.1 Å². The van der Waals surface area contributed by atoms with Crippen molar-refractivity contribution in [2.75, 3.05) is 13.6 Å². The molecule has 0 amide bonds. The summed E-state index contributed by atoms with van der Waals surface area (Å²) in [6.45, 7) is 10.9. The molecule has 0 bridgehead atoms. The second kappa shape index (κ2) is 14.8. The van der Waals surface area contributed by atoms with E-state index in [2.05, 4.69) is 48.4 Å². The van der Waals surface area contributed by atoms with Crippen LogP contribution in [0.1, 0.15) is 64.2 Å². The van der Waals surface area contributed by atoms with Crippen molar-refractivity contribution in [3.63, 3.8) is 0 Å². The van der Waals surface area contributed by atoms with Gasteiger partial charge >= 0.3 is 5.97 Å². The zero-order chi connectivity index (χ0) is 27.4. The summed E-state index contributed by atoms with van der Waals surface area (Å²) in [7, 11) is 1.73. The smallest absolute Gasteiger partial charge is 0.304 e. The number of carbonyl (C=O) groups is 1. The predicted octanol–water partition coefficient (Wildman–Crippen LogP) is 5.89. The van der Waals surface area contributed by atoms with Gasteiger partial charge in [0.05, 0.1) is 18.1 Å². The second-order valence-corrected chi connectivity index (χ2v) is 9.69. The minimum atomic E-state index is -0.755. The van der Waals surface area contributed by atoms with Crippen molar-refractivity contribution in [3.8, 4) is 34.7 Å². The van der Waals surface area contributed by atoms with Crippen molar-refractivity contribution in [3.05, 3.63) is 53.1 Å². The number of aryl methyl sites for hydroxylation is 1. The second-order valence-electron chi connectivity index (χ2n) is 9.69. The van der Waals surface area contributed by atoms with E-state index in [9.17, 15) is 10.1 Å². The highest BCUT2D eigenvalue weighted by Gasteiger charge is 2.20. The molecule has 0 unspecified atom stereocenters. The fourth-order valence-electron chi connectivity index (χ4n) is 3.62. The summed E-state index contributed by atoms with van der Waals surface area (Å²) in [6, 6.07) is 13.8. The minimum Gasteiger partial charge on any atom is -0.490 e. The summed E-state index contributed by atoms with van der Waals surface area (Å²) < 4.78 is 11.1. The van der Waals surface area contributed by atoms with Gasteiger partial charge in [0.2, 0.25) is 5.82 Å². The first kappa shape index (κ1) is 29.5. The standard InChI is InChI=1S/C21H19N3O2.C4H9NO2.C4H10/c1-13(2)25-19-10-9-15(11-16(19)12-22)21-23-20(24-26-21)18-8-4-6-14-5-3-7-17(14)18;1-5-3-2-4(6)7;1-4(2)3/h4,6,8-11,13H,3,5,7H2,1-2H3;5H,2-3H2,1H3,(H,6,7);4H,1-3H3. The highest BCUT2D eigenvalue weighted by atomic mass is 16.5. The number of carboxylic acid groups (broad SMARTS) is 1. The van der Waals surface area contributed by atoms with E-state index in [0.29, 0.717) is 35.1 Å². The van der Waals surface area contributed by atoms with Crippen LogP contribution in [0.2, 0.25) is 0 Å². The first-order chi connectivity index (χ1) is 17.7. The van der Waals surface area contributed by atoms with Crippen molar-refractivity contribution < 1.29 is 19.2 Å². The highest BCUT2D eigenvalue weighted by molar-refractivity contribution is 5.67. The van der Waals surface area contributed by atoms with Crippen LogP contribution in [0.3, 0.4) is 0 Å². The predicted molar refractivity (Wildman–Crippen MR) is 144 cm³/mol. The molecule has 2 aromatic carbocycles. The van der Waals surface area contributed by atoms with Crippen LogP contribution in [0.5, 0.6) is 5.75 Å². The summed E-state index contributed by atoms with van der Waals surface area (Å²) in [5, 5.41) is 24.3. The van der Waals surface area contributed by atoms with Crippen molar-refractivity contribution in [2.24, 2.45) is 5.92 Å². The van der Waals surface area contributed by atoms with Gasteiger partial charge in [-0.2, -0.15) is 10.2 Å². The molecule has 8 heteroatoms. The van der Waals surface area contributed by atoms with Crippen LogP contribution >= 0.6 is 0 Å². The van der Waals surface area contributed by atoms with Gasteiger partial charge in [0.25, 0.3) is 5.89 Å². The molecule has 0 saturated carbocycles. The number of carboxylic acids is 1. The number of fused-ring (bicyclic) bond motifs is 1. The lowest BCUT2D eigenvalue weighted by molar-refractivity contribution is -0.136. The molecule has 1 aromatic heterocycles. The van der Waals surface area contributed by atoms with Crippen LogP contribution in [0.4, 0.5) is 0 Å². The van der Waals surface area contributed by atoms with E-state index in [1.54, 1.807) is 19.2 Å². The number of nitrogens with zero attached hydrogens (tertiary/aromatic N) is 3. The third-order valence-electron chi connectivity index (χ3n) is 5.11. The number of nitriles is 1. The molecule has 0 atom stereocenters. The maximum Gasteiger partial charge on any atom is 0.304 e. The molecule has 1 heterocycles. The summed E-state index contributed by atoms with van der Waals surface area (Å²) >= 11 is 0. The van der Waals surface area contributed by atoms with Crippen LogP contribution in [-0.4, -0.2) is 40.9 Å². The number of benzene rings is 2. The van der Waals surface area contributed by atoms with Crippen LogP contribution in [-0.2, 0) is 17.6 Å². The van der Waals surface area contributed by atoms with Gasteiger partial charge in [-0.3, -0.25) is 4.79 Å². The Kier molecular flexibility index (Phi) is 11.8. The molecule has 0 aliphatic heterocycles. The molecule has 8 nitrogen and oxygen atoms in total. The van der Waals surface area contributed by atoms with Gasteiger partial charge < -0.3 is 19.7 Å². The van der Waals surface area contributed by atoms with Crippen molar-refractivity contribution in [1.29, 1.82) is 5.26 Å². The number of aromatic nitrogens is 2. The fraction of sp³-hybridized carbons (Fsp3) is 0.448. The first-order valence-electron chi connectivity index (χ1n) is 12.7. The quantitative estimate of drug-likeness (QED) is 0.407. The average Bonchev–Trinajstić information content (AvgIpc) is 3.52. The van der Waals surface area contributed by atoms with Gasteiger partial charge in [0.1, 0.15) is 11.8 Å². The molecule has 1 aliphatic carbocycles. The Hall–Kier alpha value is -3.70. The van der Waals surface area contributed by atoms with Gasteiger partial charge in [-0.1, -0.05) is 44.1 Å². The number of ether oxygens (including phenoxy) is 1. The molecular weight excluding hydrogens is 468 g/mol. The largest absolute Gasteiger partial charge is 0.490 e. The molecule has 0 saturated heterocycles. The lowest BCUT2D eigenvalue weighted by Gasteiger charge is -2.11. The summed E-state index contributed by atoms with van der Waals surface area (Å²) in [5.41, 5.74) is 4.89. The maximum absolute atomic E-state index is 9.72. The van der Waals surface area contributed by atoms with E-state index < -0.39 is 5.97 Å². The summed E-state index contributed by atoms with van der Waals surface area (Å²) in [4.78, 5) is 14.3.